The molecular weight excluding hydrogens is 523 g/mol. The molecule has 0 bridgehead atoms. The van der Waals surface area contributed by atoms with Crippen LogP contribution in [-0.2, 0) is 28.9 Å². The molecule has 31 heavy (non-hydrogen) atoms. The first-order chi connectivity index (χ1) is 15.0. The molecule has 0 fully saturated rings. The first-order valence-corrected chi connectivity index (χ1v) is 11.8. The number of aryl methyl sites for hydroxylation is 1. The van der Waals surface area contributed by atoms with Crippen molar-refractivity contribution < 1.29 is 9.53 Å². The Morgan fingerprint density at radius 2 is 1.84 bits per heavy atom. The van der Waals surface area contributed by atoms with Crippen LogP contribution in [0.2, 0.25) is 5.15 Å². The lowest BCUT2D eigenvalue weighted by atomic mass is 10.0. The lowest BCUT2D eigenvalue weighted by molar-refractivity contribution is -0.136. The van der Waals surface area contributed by atoms with Crippen LogP contribution >= 0.6 is 34.2 Å². The molecule has 0 atom stereocenters. The van der Waals surface area contributed by atoms with Crippen LogP contribution in [0.25, 0.3) is 6.08 Å². The molecule has 0 N–H and O–H groups in total. The number of unbranched alkanes of at least 4 members (excludes halogenated alkanes) is 1. The van der Waals surface area contributed by atoms with Gasteiger partial charge in [0.25, 0.3) is 0 Å². The highest BCUT2D eigenvalue weighted by molar-refractivity contribution is 14.1. The number of esters is 1. The molecule has 1 heterocycles. The zero-order valence-corrected chi connectivity index (χ0v) is 20.7. The third-order valence-corrected chi connectivity index (χ3v) is 6.04. The highest BCUT2D eigenvalue weighted by Crippen LogP contribution is 2.25. The van der Waals surface area contributed by atoms with Gasteiger partial charge in [-0.05, 0) is 58.3 Å². The summed E-state index contributed by atoms with van der Waals surface area (Å²) in [6.45, 7) is 2.80. The minimum atomic E-state index is -0.364. The maximum Gasteiger partial charge on any atom is 0.334 e. The van der Waals surface area contributed by atoms with E-state index in [1.807, 2.05) is 36.4 Å². The van der Waals surface area contributed by atoms with E-state index < -0.39 is 0 Å². The van der Waals surface area contributed by atoms with Gasteiger partial charge in [0, 0.05) is 28.5 Å². The van der Waals surface area contributed by atoms with Crippen molar-refractivity contribution in [1.29, 1.82) is 0 Å². The van der Waals surface area contributed by atoms with E-state index in [2.05, 4.69) is 63.3 Å². The topological polar surface area (TPSA) is 44.1 Å². The first kappa shape index (κ1) is 23.5. The van der Waals surface area contributed by atoms with Crippen LogP contribution in [0.3, 0.4) is 0 Å². The van der Waals surface area contributed by atoms with E-state index in [1.54, 1.807) is 0 Å². The zero-order chi connectivity index (χ0) is 22.2. The van der Waals surface area contributed by atoms with E-state index in [-0.39, 0.29) is 5.97 Å². The number of benzene rings is 2. The monoisotopic (exact) mass is 548 g/mol. The summed E-state index contributed by atoms with van der Waals surface area (Å²) < 4.78 is 8.37. The predicted molar refractivity (Wildman–Crippen MR) is 134 cm³/mol. The van der Waals surface area contributed by atoms with Crippen molar-refractivity contribution in [2.45, 2.75) is 39.2 Å². The Morgan fingerprint density at radius 3 is 2.48 bits per heavy atom. The Bertz CT molecular complexity index is 1040. The fraction of sp³-hybridized carbons (Fsp3) is 0.280. The Morgan fingerprint density at radius 1 is 1.13 bits per heavy atom. The van der Waals surface area contributed by atoms with Gasteiger partial charge in [-0.3, -0.25) is 0 Å². The summed E-state index contributed by atoms with van der Waals surface area (Å²) in [6, 6.07) is 18.3. The number of ether oxygens (including phenoxy) is 1. The number of halogens is 2. The van der Waals surface area contributed by atoms with Crippen molar-refractivity contribution in [2.24, 2.45) is 0 Å². The second-order valence-electron chi connectivity index (χ2n) is 7.34. The minimum absolute atomic E-state index is 0.364. The predicted octanol–water partition coefficient (Wildman–Crippen LogP) is 6.33. The average Bonchev–Trinajstić information content (AvgIpc) is 3.07. The smallest absolute Gasteiger partial charge is 0.334 e. The standard InChI is InChI=1S/C25H26ClIN2O2/c1-3-4-10-23-28-24(26)22(29(23)17-19-11-13-21(27)14-12-19)16-20(25(30)31-2)15-18-8-6-5-7-9-18/h5-9,11-14,16H,3-4,10,15,17H2,1-2H3. The summed E-state index contributed by atoms with van der Waals surface area (Å²) >= 11 is 8.89. The number of rotatable bonds is 9. The van der Waals surface area contributed by atoms with Crippen LogP contribution in [0, 0.1) is 3.57 Å². The molecule has 0 saturated heterocycles. The van der Waals surface area contributed by atoms with Gasteiger partial charge in [0.05, 0.1) is 12.8 Å². The molecule has 0 aliphatic heterocycles. The van der Waals surface area contributed by atoms with Crippen LogP contribution in [0.5, 0.6) is 0 Å². The molecule has 0 radical (unpaired) electrons. The number of hydrogen-bond acceptors (Lipinski definition) is 3. The third-order valence-electron chi connectivity index (χ3n) is 5.04. The largest absolute Gasteiger partial charge is 0.466 e. The van der Waals surface area contributed by atoms with Crippen molar-refractivity contribution in [1.82, 2.24) is 9.55 Å². The van der Waals surface area contributed by atoms with E-state index in [4.69, 9.17) is 16.3 Å². The zero-order valence-electron chi connectivity index (χ0n) is 17.8. The second kappa shape index (κ2) is 11.5. The molecule has 6 heteroatoms. The molecule has 0 saturated carbocycles. The van der Waals surface area contributed by atoms with Gasteiger partial charge in [-0.2, -0.15) is 0 Å². The fourth-order valence-electron chi connectivity index (χ4n) is 3.39. The van der Waals surface area contributed by atoms with Crippen LogP contribution in [0.1, 0.15) is 42.4 Å². The highest BCUT2D eigenvalue weighted by Gasteiger charge is 2.18. The molecule has 4 nitrogen and oxygen atoms in total. The SMILES string of the molecule is CCCCc1nc(Cl)c(C=C(Cc2ccccc2)C(=O)OC)n1Cc1ccc(I)cc1. The van der Waals surface area contributed by atoms with Crippen molar-refractivity contribution in [3.63, 3.8) is 0 Å². The first-order valence-electron chi connectivity index (χ1n) is 10.3. The van der Waals surface area contributed by atoms with Crippen molar-refractivity contribution in [2.75, 3.05) is 7.11 Å². The van der Waals surface area contributed by atoms with Crippen molar-refractivity contribution in [3.05, 3.63) is 91.5 Å². The Balaban J connectivity index is 2.04. The number of carbonyl (C=O) groups excluding carboxylic acids is 1. The van der Waals surface area contributed by atoms with E-state index in [0.717, 1.165) is 41.9 Å². The van der Waals surface area contributed by atoms with E-state index in [1.165, 1.54) is 10.7 Å². The fourth-order valence-corrected chi connectivity index (χ4v) is 4.00. The normalized spacial score (nSPS) is 11.5. The highest BCUT2D eigenvalue weighted by atomic mass is 127. The van der Waals surface area contributed by atoms with E-state index in [9.17, 15) is 4.79 Å². The molecule has 0 unspecified atom stereocenters. The van der Waals surface area contributed by atoms with Crippen LogP contribution < -0.4 is 0 Å². The van der Waals surface area contributed by atoms with Gasteiger partial charge in [-0.25, -0.2) is 9.78 Å². The number of aromatic nitrogens is 2. The second-order valence-corrected chi connectivity index (χ2v) is 8.95. The van der Waals surface area contributed by atoms with Gasteiger partial charge in [0.2, 0.25) is 0 Å². The molecule has 1 aromatic heterocycles. The van der Waals surface area contributed by atoms with Gasteiger partial charge in [-0.15, -0.1) is 0 Å². The van der Waals surface area contributed by atoms with Crippen molar-refractivity contribution in [3.8, 4) is 0 Å². The summed E-state index contributed by atoms with van der Waals surface area (Å²) in [7, 11) is 1.40. The van der Waals surface area contributed by atoms with Gasteiger partial charge in [0.15, 0.2) is 5.15 Å². The molecule has 0 aliphatic rings. The molecular formula is C25H26ClIN2O2. The molecule has 0 amide bonds. The average molecular weight is 549 g/mol. The molecule has 3 rings (SSSR count). The lowest BCUT2D eigenvalue weighted by Gasteiger charge is -2.12. The molecule has 2 aromatic carbocycles. The summed E-state index contributed by atoms with van der Waals surface area (Å²) in [5.41, 5.74) is 3.47. The summed E-state index contributed by atoms with van der Waals surface area (Å²) in [5.74, 6) is 0.567. The number of carbonyl (C=O) groups is 1. The van der Waals surface area contributed by atoms with Crippen LogP contribution in [0.4, 0.5) is 0 Å². The van der Waals surface area contributed by atoms with Gasteiger partial charge < -0.3 is 9.30 Å². The summed E-state index contributed by atoms with van der Waals surface area (Å²) in [6.07, 6.45) is 5.22. The molecule has 0 aliphatic carbocycles. The molecule has 3 aromatic rings. The van der Waals surface area contributed by atoms with Crippen LogP contribution in [-0.4, -0.2) is 22.6 Å². The lowest BCUT2D eigenvalue weighted by Crippen LogP contribution is -2.10. The van der Waals surface area contributed by atoms with Crippen molar-refractivity contribution >= 4 is 46.2 Å². The molecule has 162 valence electrons. The summed E-state index contributed by atoms with van der Waals surface area (Å²) in [5, 5.41) is 0.408. The number of methoxy groups -OCH3 is 1. The number of imidazole rings is 1. The minimum Gasteiger partial charge on any atom is -0.466 e. The molecule has 0 spiro atoms. The van der Waals surface area contributed by atoms with Crippen LogP contribution in [0.15, 0.2) is 60.2 Å². The number of hydrogen-bond donors (Lipinski definition) is 0. The Kier molecular flexibility index (Phi) is 8.72. The number of nitrogens with zero attached hydrogens (tertiary/aromatic N) is 2. The quantitative estimate of drug-likeness (QED) is 0.178. The third kappa shape index (κ3) is 6.43. The van der Waals surface area contributed by atoms with Gasteiger partial charge in [0.1, 0.15) is 5.82 Å². The Labute approximate surface area is 202 Å². The maximum atomic E-state index is 12.6. The van der Waals surface area contributed by atoms with Gasteiger partial charge >= 0.3 is 5.97 Å². The summed E-state index contributed by atoms with van der Waals surface area (Å²) in [4.78, 5) is 17.2. The van der Waals surface area contributed by atoms with E-state index >= 15 is 0 Å². The van der Waals surface area contributed by atoms with Gasteiger partial charge in [-0.1, -0.05) is 67.4 Å². The van der Waals surface area contributed by atoms with E-state index in [0.29, 0.717) is 23.7 Å². The Hall–Kier alpha value is -2.12. The maximum absolute atomic E-state index is 12.6.